The summed E-state index contributed by atoms with van der Waals surface area (Å²) < 4.78 is 29.1. The molecule has 0 aliphatic heterocycles. The van der Waals surface area contributed by atoms with Crippen LogP contribution in [0.15, 0.2) is 53.4 Å². The van der Waals surface area contributed by atoms with Crippen LogP contribution >= 0.6 is 0 Å². The molecule has 0 heterocycles. The molecule has 0 saturated carbocycles. The van der Waals surface area contributed by atoms with E-state index in [1.54, 1.807) is 12.1 Å². The Bertz CT molecular complexity index is 784. The minimum atomic E-state index is -3.82. The number of nitro groups is 1. The average Bonchev–Trinajstić information content (AvgIpc) is 2.47. The van der Waals surface area contributed by atoms with Crippen LogP contribution in [0.1, 0.15) is 5.56 Å². The maximum Gasteiger partial charge on any atom is 0.313 e. The number of nitrogens with zero attached hydrogens (tertiary/aromatic N) is 1. The largest absolute Gasteiger partial charge is 0.382 e. The molecular weight excluding hydrogens is 338 g/mol. The van der Waals surface area contributed by atoms with Crippen LogP contribution in [0, 0.1) is 10.1 Å². The molecule has 6 nitrogen and oxygen atoms in total. The number of nitro benzene ring substituents is 1. The Kier molecular flexibility index (Phi) is 5.27. The molecule has 0 bridgehead atoms. The fourth-order valence-corrected chi connectivity index (χ4v) is 3.61. The molecule has 8 heteroatoms. The van der Waals surface area contributed by atoms with E-state index in [0.29, 0.717) is 5.56 Å². The van der Waals surface area contributed by atoms with Crippen LogP contribution in [0.3, 0.4) is 0 Å². The molecule has 0 fully saturated rings. The Hall–Kier alpha value is -2.06. The standard InChI is InChI=1S/C15H16NO5S2/c1-22(2)15-9-3-12(4-10-15)11-23(19,20)21-14-7-5-13(6-8-14)16(17)18/h3-10H,11H2,1-2H3/q+1. The zero-order valence-corrected chi connectivity index (χ0v) is 14.3. The molecule has 2 aromatic carbocycles. The first kappa shape index (κ1) is 17.3. The molecule has 2 rings (SSSR count). The third-order valence-electron chi connectivity index (χ3n) is 3.01. The minimum absolute atomic E-state index is 0.0517. The van der Waals surface area contributed by atoms with Gasteiger partial charge in [-0.25, -0.2) is 0 Å². The summed E-state index contributed by atoms with van der Waals surface area (Å²) in [5.41, 5.74) is 0.501. The third kappa shape index (κ3) is 4.97. The Labute approximate surface area is 137 Å². The van der Waals surface area contributed by atoms with Crippen LogP contribution in [-0.2, 0) is 26.8 Å². The molecule has 2 aromatic rings. The molecule has 0 aliphatic rings. The van der Waals surface area contributed by atoms with E-state index in [2.05, 4.69) is 12.5 Å². The van der Waals surface area contributed by atoms with Gasteiger partial charge >= 0.3 is 10.1 Å². The van der Waals surface area contributed by atoms with E-state index in [9.17, 15) is 18.5 Å². The zero-order chi connectivity index (χ0) is 17.0. The lowest BCUT2D eigenvalue weighted by molar-refractivity contribution is -0.384. The van der Waals surface area contributed by atoms with Crippen LogP contribution in [0.4, 0.5) is 5.69 Å². The first-order valence-corrected chi connectivity index (χ1v) is 10.2. The molecule has 23 heavy (non-hydrogen) atoms. The number of hydrogen-bond donors (Lipinski definition) is 0. The molecule has 0 unspecified atom stereocenters. The molecule has 0 radical (unpaired) electrons. The molecule has 0 spiro atoms. The molecule has 122 valence electrons. The van der Waals surface area contributed by atoms with Crippen LogP contribution in [-0.4, -0.2) is 25.9 Å². The van der Waals surface area contributed by atoms with Crippen molar-refractivity contribution in [2.24, 2.45) is 0 Å². The summed E-state index contributed by atoms with van der Waals surface area (Å²) in [5, 5.41) is 10.6. The second-order valence-electron chi connectivity index (χ2n) is 5.00. The van der Waals surface area contributed by atoms with E-state index in [0.717, 1.165) is 4.90 Å². The number of hydrogen-bond acceptors (Lipinski definition) is 5. The summed E-state index contributed by atoms with van der Waals surface area (Å²) in [6.07, 6.45) is 4.17. The van der Waals surface area contributed by atoms with Gasteiger partial charge in [-0.3, -0.25) is 10.1 Å². The quantitative estimate of drug-likeness (QED) is 0.344. The lowest BCUT2D eigenvalue weighted by Gasteiger charge is -2.07. The fraction of sp³-hybridized carbons (Fsp3) is 0.200. The van der Waals surface area contributed by atoms with E-state index < -0.39 is 15.0 Å². The van der Waals surface area contributed by atoms with Crippen molar-refractivity contribution < 1.29 is 17.5 Å². The van der Waals surface area contributed by atoms with Gasteiger partial charge in [-0.1, -0.05) is 12.1 Å². The molecule has 0 N–H and O–H groups in total. The van der Waals surface area contributed by atoms with Crippen molar-refractivity contribution in [3.63, 3.8) is 0 Å². The van der Waals surface area contributed by atoms with Crippen molar-refractivity contribution in [2.75, 3.05) is 12.5 Å². The minimum Gasteiger partial charge on any atom is -0.382 e. The molecular formula is C15H16NO5S2+. The Morgan fingerprint density at radius 3 is 2.09 bits per heavy atom. The molecule has 0 aliphatic carbocycles. The highest BCUT2D eigenvalue weighted by atomic mass is 32.2. The van der Waals surface area contributed by atoms with Crippen molar-refractivity contribution in [3.05, 3.63) is 64.2 Å². The number of benzene rings is 2. The van der Waals surface area contributed by atoms with E-state index in [-0.39, 0.29) is 28.1 Å². The van der Waals surface area contributed by atoms with Crippen molar-refractivity contribution in [3.8, 4) is 5.75 Å². The van der Waals surface area contributed by atoms with Gasteiger partial charge in [-0.05, 0) is 29.8 Å². The number of rotatable bonds is 6. The van der Waals surface area contributed by atoms with Crippen molar-refractivity contribution >= 4 is 26.7 Å². The fourth-order valence-electron chi connectivity index (χ4n) is 1.86. The first-order valence-electron chi connectivity index (χ1n) is 6.60. The van der Waals surface area contributed by atoms with Crippen LogP contribution in [0.5, 0.6) is 5.75 Å². The van der Waals surface area contributed by atoms with Crippen LogP contribution in [0.25, 0.3) is 0 Å². The average molecular weight is 354 g/mol. The second kappa shape index (κ2) is 7.01. The Morgan fingerprint density at radius 1 is 1.04 bits per heavy atom. The smallest absolute Gasteiger partial charge is 0.313 e. The zero-order valence-electron chi connectivity index (χ0n) is 12.6. The monoisotopic (exact) mass is 354 g/mol. The summed E-state index contributed by atoms with van der Waals surface area (Å²) in [4.78, 5) is 11.2. The highest BCUT2D eigenvalue weighted by Crippen LogP contribution is 2.20. The molecule has 0 atom stereocenters. The molecule has 0 aromatic heterocycles. The Morgan fingerprint density at radius 2 is 1.61 bits per heavy atom. The third-order valence-corrected chi connectivity index (χ3v) is 5.36. The lowest BCUT2D eigenvalue weighted by atomic mass is 10.2. The lowest BCUT2D eigenvalue weighted by Crippen LogP contribution is -2.12. The summed E-state index contributed by atoms with van der Waals surface area (Å²) in [6.45, 7) is 0. The van der Waals surface area contributed by atoms with E-state index in [1.807, 2.05) is 12.1 Å². The Balaban J connectivity index is 2.08. The van der Waals surface area contributed by atoms with Gasteiger partial charge in [0, 0.05) is 23.0 Å². The van der Waals surface area contributed by atoms with Gasteiger partial charge in [0.05, 0.1) is 4.92 Å². The van der Waals surface area contributed by atoms with Gasteiger partial charge in [0.2, 0.25) is 0 Å². The van der Waals surface area contributed by atoms with E-state index >= 15 is 0 Å². The first-order chi connectivity index (χ1) is 10.8. The van der Waals surface area contributed by atoms with Crippen molar-refractivity contribution in [1.82, 2.24) is 0 Å². The molecule has 0 saturated heterocycles. The van der Waals surface area contributed by atoms with Crippen LogP contribution < -0.4 is 4.18 Å². The van der Waals surface area contributed by atoms with Crippen molar-refractivity contribution in [1.29, 1.82) is 0 Å². The molecule has 0 amide bonds. The predicted molar refractivity (Wildman–Crippen MR) is 90.3 cm³/mol. The van der Waals surface area contributed by atoms with Gasteiger partial charge in [0.25, 0.3) is 5.69 Å². The maximum absolute atomic E-state index is 12.1. The summed E-state index contributed by atoms with van der Waals surface area (Å²) in [6, 6.07) is 12.3. The van der Waals surface area contributed by atoms with E-state index in [4.69, 9.17) is 4.18 Å². The predicted octanol–water partition coefficient (Wildman–Crippen LogP) is 2.74. The van der Waals surface area contributed by atoms with Gasteiger partial charge in [0.15, 0.2) is 4.90 Å². The van der Waals surface area contributed by atoms with Gasteiger partial charge in [0.1, 0.15) is 24.0 Å². The highest BCUT2D eigenvalue weighted by molar-refractivity contribution is 7.95. The van der Waals surface area contributed by atoms with Gasteiger partial charge in [-0.2, -0.15) is 8.42 Å². The second-order valence-corrected chi connectivity index (χ2v) is 8.67. The van der Waals surface area contributed by atoms with Crippen LogP contribution in [0.2, 0.25) is 0 Å². The van der Waals surface area contributed by atoms with Crippen molar-refractivity contribution in [2.45, 2.75) is 10.6 Å². The van der Waals surface area contributed by atoms with Gasteiger partial charge in [-0.15, -0.1) is 0 Å². The summed E-state index contributed by atoms with van der Waals surface area (Å²) in [7, 11) is -3.71. The van der Waals surface area contributed by atoms with Gasteiger partial charge < -0.3 is 4.18 Å². The van der Waals surface area contributed by atoms with E-state index in [1.165, 1.54) is 24.3 Å². The summed E-state index contributed by atoms with van der Waals surface area (Å²) >= 11 is 0. The highest BCUT2D eigenvalue weighted by Gasteiger charge is 2.16. The topological polar surface area (TPSA) is 86.5 Å². The number of non-ortho nitro benzene ring substituents is 1. The maximum atomic E-state index is 12.1. The normalized spacial score (nSPS) is 11.4. The SMILES string of the molecule is C[S+](C)c1ccc(CS(=O)(=O)Oc2ccc([N+](=O)[O-])cc2)cc1. The summed E-state index contributed by atoms with van der Waals surface area (Å²) in [5.74, 6) is -0.207.